The molecule has 0 saturated carbocycles. The molecule has 1 aliphatic rings. The lowest BCUT2D eigenvalue weighted by Crippen LogP contribution is -2.36. The number of benzene rings is 1. The van der Waals surface area contributed by atoms with E-state index in [1.165, 1.54) is 0 Å². The van der Waals surface area contributed by atoms with Gasteiger partial charge in [-0.15, -0.1) is 0 Å². The third kappa shape index (κ3) is 2.07. The summed E-state index contributed by atoms with van der Waals surface area (Å²) in [6.45, 7) is 0.827. The molecule has 1 fully saturated rings. The number of carbonyl (C=O) groups excluding carboxylic acids is 2. The minimum Gasteiger partial charge on any atom is -0.410 e. The number of urea groups is 1. The van der Waals surface area contributed by atoms with E-state index in [-0.39, 0.29) is 0 Å². The molecule has 78 valence electrons. The molecular weight excluding hydrogens is 196 g/mol. The van der Waals surface area contributed by atoms with Gasteiger partial charge >= 0.3 is 12.1 Å². The van der Waals surface area contributed by atoms with Gasteiger partial charge in [-0.05, 0) is 12.1 Å². The van der Waals surface area contributed by atoms with E-state index in [1.54, 1.807) is 24.3 Å². The highest BCUT2D eigenvalue weighted by atomic mass is 16.6. The molecule has 5 heteroatoms. The molecule has 1 heterocycles. The summed E-state index contributed by atoms with van der Waals surface area (Å²) in [4.78, 5) is 23.6. The monoisotopic (exact) mass is 206 g/mol. The van der Waals surface area contributed by atoms with Crippen molar-refractivity contribution >= 4 is 12.1 Å². The van der Waals surface area contributed by atoms with Gasteiger partial charge in [-0.25, -0.2) is 14.5 Å². The van der Waals surface area contributed by atoms with Crippen LogP contribution in [0, 0.1) is 0 Å². The molecule has 15 heavy (non-hydrogen) atoms. The molecule has 1 aromatic rings. The highest BCUT2D eigenvalue weighted by Gasteiger charge is 2.27. The van der Waals surface area contributed by atoms with Crippen molar-refractivity contribution in [3.05, 3.63) is 30.3 Å². The number of para-hydroxylation sites is 1. The van der Waals surface area contributed by atoms with Crippen LogP contribution in [0.1, 0.15) is 0 Å². The molecule has 0 radical (unpaired) electrons. The van der Waals surface area contributed by atoms with Gasteiger partial charge in [0.05, 0.1) is 6.54 Å². The van der Waals surface area contributed by atoms with E-state index in [0.717, 1.165) is 4.90 Å². The number of amides is 3. The van der Waals surface area contributed by atoms with E-state index in [4.69, 9.17) is 4.74 Å². The summed E-state index contributed by atoms with van der Waals surface area (Å²) < 4.78 is 4.99. The molecule has 1 aliphatic heterocycles. The van der Waals surface area contributed by atoms with Crippen molar-refractivity contribution in [1.29, 1.82) is 0 Å². The zero-order valence-electron chi connectivity index (χ0n) is 7.97. The van der Waals surface area contributed by atoms with Gasteiger partial charge in [-0.3, -0.25) is 0 Å². The van der Waals surface area contributed by atoms with Crippen molar-refractivity contribution in [2.75, 3.05) is 13.1 Å². The molecule has 0 aromatic heterocycles. The average molecular weight is 206 g/mol. The Balaban J connectivity index is 2.01. The van der Waals surface area contributed by atoms with E-state index < -0.39 is 12.1 Å². The van der Waals surface area contributed by atoms with Gasteiger partial charge in [0.2, 0.25) is 0 Å². The maximum atomic E-state index is 11.5. The molecule has 5 nitrogen and oxygen atoms in total. The van der Waals surface area contributed by atoms with Crippen molar-refractivity contribution in [2.24, 2.45) is 0 Å². The van der Waals surface area contributed by atoms with Crippen LogP contribution in [-0.2, 0) is 0 Å². The Kier molecular flexibility index (Phi) is 2.53. The van der Waals surface area contributed by atoms with E-state index >= 15 is 0 Å². The lowest BCUT2D eigenvalue weighted by molar-refractivity contribution is 0.164. The van der Waals surface area contributed by atoms with Crippen molar-refractivity contribution in [3.8, 4) is 5.75 Å². The summed E-state index contributed by atoms with van der Waals surface area (Å²) in [7, 11) is 0. The van der Waals surface area contributed by atoms with Crippen molar-refractivity contribution in [2.45, 2.75) is 0 Å². The summed E-state index contributed by atoms with van der Waals surface area (Å²) >= 11 is 0. The van der Waals surface area contributed by atoms with Gasteiger partial charge < -0.3 is 10.1 Å². The highest BCUT2D eigenvalue weighted by molar-refractivity contribution is 5.93. The van der Waals surface area contributed by atoms with E-state index in [9.17, 15) is 9.59 Å². The summed E-state index contributed by atoms with van der Waals surface area (Å²) in [6, 6.07) is 8.24. The minimum absolute atomic E-state index is 0.352. The second-order valence-electron chi connectivity index (χ2n) is 3.06. The number of hydrogen-bond donors (Lipinski definition) is 1. The Hall–Kier alpha value is -2.04. The number of carbonyl (C=O) groups is 2. The fourth-order valence-corrected chi connectivity index (χ4v) is 1.29. The maximum Gasteiger partial charge on any atom is 0.423 e. The van der Waals surface area contributed by atoms with Crippen LogP contribution in [0.15, 0.2) is 30.3 Å². The predicted octanol–water partition coefficient (Wildman–Crippen LogP) is 1.21. The van der Waals surface area contributed by atoms with Crippen LogP contribution >= 0.6 is 0 Å². The smallest absolute Gasteiger partial charge is 0.410 e. The first-order chi connectivity index (χ1) is 7.27. The maximum absolute atomic E-state index is 11.5. The Morgan fingerprint density at radius 2 is 2.07 bits per heavy atom. The van der Waals surface area contributed by atoms with Crippen LogP contribution < -0.4 is 10.1 Å². The number of ether oxygens (including phenoxy) is 1. The van der Waals surface area contributed by atoms with Gasteiger partial charge in [0.25, 0.3) is 0 Å². The molecule has 0 atom stereocenters. The van der Waals surface area contributed by atoms with Gasteiger partial charge in [-0.2, -0.15) is 0 Å². The van der Waals surface area contributed by atoms with E-state index in [0.29, 0.717) is 18.8 Å². The molecular formula is C10H10N2O3. The lowest BCUT2D eigenvalue weighted by atomic mass is 10.3. The van der Waals surface area contributed by atoms with Crippen LogP contribution in [0.25, 0.3) is 0 Å². The van der Waals surface area contributed by atoms with Crippen LogP contribution in [0.2, 0.25) is 0 Å². The fraction of sp³-hybridized carbons (Fsp3) is 0.200. The average Bonchev–Trinajstić information content (AvgIpc) is 2.66. The largest absolute Gasteiger partial charge is 0.423 e. The van der Waals surface area contributed by atoms with Gasteiger partial charge in [-0.1, -0.05) is 18.2 Å². The number of imide groups is 1. The first-order valence-electron chi connectivity index (χ1n) is 4.59. The van der Waals surface area contributed by atoms with Crippen LogP contribution in [0.5, 0.6) is 5.75 Å². The quantitative estimate of drug-likeness (QED) is 0.751. The topological polar surface area (TPSA) is 58.6 Å². The van der Waals surface area contributed by atoms with Crippen LogP contribution in [0.3, 0.4) is 0 Å². The Bertz CT molecular complexity index is 378. The van der Waals surface area contributed by atoms with Gasteiger partial charge in [0.1, 0.15) is 5.75 Å². The Labute approximate surface area is 86.6 Å². The number of nitrogens with zero attached hydrogens (tertiary/aromatic N) is 1. The Morgan fingerprint density at radius 1 is 1.33 bits per heavy atom. The standard InChI is InChI=1S/C10H10N2O3/c13-9-11-6-7-12(9)10(14)15-8-4-2-1-3-5-8/h1-5H,6-7H2,(H,11,13). The Morgan fingerprint density at radius 3 is 2.67 bits per heavy atom. The van der Waals surface area contributed by atoms with E-state index in [1.807, 2.05) is 6.07 Å². The molecule has 3 amide bonds. The number of rotatable bonds is 1. The normalized spacial score (nSPS) is 14.9. The molecule has 0 spiro atoms. The second-order valence-corrected chi connectivity index (χ2v) is 3.06. The number of hydrogen-bond acceptors (Lipinski definition) is 3. The first-order valence-corrected chi connectivity index (χ1v) is 4.59. The summed E-state index contributed by atoms with van der Waals surface area (Å²) in [5, 5.41) is 2.52. The van der Waals surface area contributed by atoms with Crippen molar-refractivity contribution in [1.82, 2.24) is 10.2 Å². The van der Waals surface area contributed by atoms with Crippen molar-refractivity contribution in [3.63, 3.8) is 0 Å². The lowest BCUT2D eigenvalue weighted by Gasteiger charge is -2.11. The third-order valence-electron chi connectivity index (χ3n) is 2.03. The zero-order chi connectivity index (χ0) is 10.7. The van der Waals surface area contributed by atoms with Gasteiger partial charge in [0, 0.05) is 6.54 Å². The second kappa shape index (κ2) is 4.00. The molecule has 0 unspecified atom stereocenters. The third-order valence-corrected chi connectivity index (χ3v) is 2.03. The molecule has 1 aromatic carbocycles. The number of nitrogens with one attached hydrogen (secondary N) is 1. The fourth-order valence-electron chi connectivity index (χ4n) is 1.29. The molecule has 0 bridgehead atoms. The van der Waals surface area contributed by atoms with Gasteiger partial charge in [0.15, 0.2) is 0 Å². The van der Waals surface area contributed by atoms with Crippen LogP contribution in [-0.4, -0.2) is 30.1 Å². The summed E-state index contributed by atoms with van der Waals surface area (Å²) in [5.41, 5.74) is 0. The molecule has 1 saturated heterocycles. The molecule has 2 rings (SSSR count). The first kappa shape index (κ1) is 9.51. The molecule has 1 N–H and O–H groups in total. The SMILES string of the molecule is O=C1NCCN1C(=O)Oc1ccccc1. The highest BCUT2D eigenvalue weighted by Crippen LogP contribution is 2.11. The summed E-state index contributed by atoms with van der Waals surface area (Å²) in [5.74, 6) is 0.433. The predicted molar refractivity (Wildman–Crippen MR) is 52.6 cm³/mol. The molecule has 0 aliphatic carbocycles. The summed E-state index contributed by atoms with van der Waals surface area (Å²) in [6.07, 6.45) is -0.642. The van der Waals surface area contributed by atoms with Crippen LogP contribution in [0.4, 0.5) is 9.59 Å². The minimum atomic E-state index is -0.642. The van der Waals surface area contributed by atoms with Crippen molar-refractivity contribution < 1.29 is 14.3 Å². The van der Waals surface area contributed by atoms with E-state index in [2.05, 4.69) is 5.32 Å². The zero-order valence-corrected chi connectivity index (χ0v) is 7.97.